The lowest BCUT2D eigenvalue weighted by molar-refractivity contribution is -0.141. The van der Waals surface area contributed by atoms with Crippen molar-refractivity contribution in [1.29, 1.82) is 0 Å². The van der Waals surface area contributed by atoms with E-state index < -0.39 is 46.1 Å². The summed E-state index contributed by atoms with van der Waals surface area (Å²) in [6.45, 7) is 2.88. The monoisotopic (exact) mass is 551 g/mol. The fourth-order valence-corrected chi connectivity index (χ4v) is 5.90. The number of sulfonamides is 1. The minimum atomic E-state index is -4.24. The lowest BCUT2D eigenvalue weighted by Crippen LogP contribution is -2.54. The van der Waals surface area contributed by atoms with Gasteiger partial charge in [0.15, 0.2) is 0 Å². The minimum Gasteiger partial charge on any atom is -0.352 e. The normalized spacial score (nSPS) is 15.4. The second kappa shape index (κ2) is 11.8. The zero-order valence-corrected chi connectivity index (χ0v) is 22.5. The van der Waals surface area contributed by atoms with Crippen LogP contribution in [0.5, 0.6) is 0 Å². The number of amides is 3. The van der Waals surface area contributed by atoms with Gasteiger partial charge in [-0.05, 0) is 48.7 Å². The summed E-state index contributed by atoms with van der Waals surface area (Å²) in [5.74, 6) is -2.41. The van der Waals surface area contributed by atoms with Gasteiger partial charge in [-0.15, -0.1) is 0 Å². The molecule has 0 saturated heterocycles. The highest BCUT2D eigenvalue weighted by Gasteiger charge is 2.43. The molecule has 2 atom stereocenters. The number of fused-ring (bicyclic) bond motifs is 1. The highest BCUT2D eigenvalue weighted by molar-refractivity contribution is 7.90. The number of nitrogens with zero attached hydrogens (tertiary/aromatic N) is 2. The highest BCUT2D eigenvalue weighted by Crippen LogP contribution is 2.30. The molecule has 0 bridgehead atoms. The molecule has 0 radical (unpaired) electrons. The van der Waals surface area contributed by atoms with Crippen molar-refractivity contribution in [3.63, 3.8) is 0 Å². The maximum atomic E-state index is 13.9. The lowest BCUT2D eigenvalue weighted by Gasteiger charge is -2.33. The van der Waals surface area contributed by atoms with Gasteiger partial charge in [0.25, 0.3) is 15.9 Å². The zero-order chi connectivity index (χ0) is 28.2. The van der Waals surface area contributed by atoms with Crippen molar-refractivity contribution in [2.24, 2.45) is 0 Å². The van der Waals surface area contributed by atoms with E-state index in [1.165, 1.54) is 47.4 Å². The smallest absolute Gasteiger partial charge is 0.269 e. The fraction of sp³-hybridized carbons (Fsp3) is 0.276. The zero-order valence-electron chi connectivity index (χ0n) is 21.7. The van der Waals surface area contributed by atoms with E-state index >= 15 is 0 Å². The minimum absolute atomic E-state index is 0.00858. The Kier molecular flexibility index (Phi) is 8.44. The number of nitrogens with one attached hydrogen (secondary N) is 1. The molecule has 3 aromatic rings. The van der Waals surface area contributed by atoms with Crippen LogP contribution in [0.4, 0.5) is 4.39 Å². The lowest BCUT2D eigenvalue weighted by atomic mass is 10.0. The van der Waals surface area contributed by atoms with Gasteiger partial charge < -0.3 is 10.2 Å². The van der Waals surface area contributed by atoms with Crippen molar-refractivity contribution < 1.29 is 27.2 Å². The van der Waals surface area contributed by atoms with Crippen LogP contribution >= 0.6 is 0 Å². The van der Waals surface area contributed by atoms with Crippen molar-refractivity contribution in [1.82, 2.24) is 14.5 Å². The molecule has 0 fully saturated rings. The Hall–Kier alpha value is -4.05. The van der Waals surface area contributed by atoms with Gasteiger partial charge in [-0.2, -0.15) is 0 Å². The SMILES string of the molecule is CC[C@H](C)NC(=O)[C@@H](Cc1ccccc1)N(Cc1ccc(F)cc1)C(=O)CN1C(=O)c2ccccc2S1(=O)=O. The van der Waals surface area contributed by atoms with Crippen molar-refractivity contribution in [3.8, 4) is 0 Å². The molecule has 0 spiro atoms. The van der Waals surface area contributed by atoms with Crippen LogP contribution in [0, 0.1) is 5.82 Å². The summed E-state index contributed by atoms with van der Waals surface area (Å²) in [6, 6.07) is 19.2. The highest BCUT2D eigenvalue weighted by atomic mass is 32.2. The largest absolute Gasteiger partial charge is 0.352 e. The van der Waals surface area contributed by atoms with Gasteiger partial charge in [-0.3, -0.25) is 14.4 Å². The average Bonchev–Trinajstić information content (AvgIpc) is 3.12. The van der Waals surface area contributed by atoms with Gasteiger partial charge >= 0.3 is 0 Å². The Morgan fingerprint density at radius 3 is 2.23 bits per heavy atom. The van der Waals surface area contributed by atoms with Gasteiger partial charge in [0.1, 0.15) is 23.3 Å². The summed E-state index contributed by atoms with van der Waals surface area (Å²) in [4.78, 5) is 41.5. The van der Waals surface area contributed by atoms with Crippen LogP contribution in [0.2, 0.25) is 0 Å². The van der Waals surface area contributed by atoms with Crippen molar-refractivity contribution in [3.05, 3.63) is 101 Å². The van der Waals surface area contributed by atoms with E-state index in [2.05, 4.69) is 5.32 Å². The molecule has 4 rings (SSSR count). The Labute approximate surface area is 227 Å². The standard InChI is InChI=1S/C29H30FN3O5S/c1-3-20(2)31-28(35)25(17-21-9-5-4-6-10-21)32(18-22-13-15-23(30)16-14-22)27(34)19-33-29(36)24-11-7-8-12-26(24)39(33,37)38/h4-16,20,25H,3,17-19H2,1-2H3,(H,31,35)/t20-,25+/m0/s1. The number of carbonyl (C=O) groups is 3. The number of hydrogen-bond acceptors (Lipinski definition) is 5. The Balaban J connectivity index is 1.71. The van der Waals surface area contributed by atoms with Crippen LogP contribution in [-0.2, 0) is 32.6 Å². The van der Waals surface area contributed by atoms with E-state index in [1.54, 1.807) is 6.07 Å². The molecule has 3 aromatic carbocycles. The van der Waals surface area contributed by atoms with Gasteiger partial charge in [-0.1, -0.05) is 61.5 Å². The van der Waals surface area contributed by atoms with Gasteiger partial charge in [-0.25, -0.2) is 17.1 Å². The molecule has 3 amide bonds. The predicted molar refractivity (Wildman–Crippen MR) is 143 cm³/mol. The molecule has 0 saturated carbocycles. The van der Waals surface area contributed by atoms with Gasteiger partial charge in [0, 0.05) is 19.0 Å². The summed E-state index contributed by atoms with van der Waals surface area (Å²) in [5.41, 5.74) is 1.32. The second-order valence-corrected chi connectivity index (χ2v) is 11.3. The molecule has 10 heteroatoms. The predicted octanol–water partition coefficient (Wildman–Crippen LogP) is 3.53. The van der Waals surface area contributed by atoms with Crippen LogP contribution < -0.4 is 5.32 Å². The Bertz CT molecular complexity index is 1460. The molecule has 1 aliphatic heterocycles. The molecule has 1 heterocycles. The molecule has 204 valence electrons. The topological polar surface area (TPSA) is 104 Å². The molecule has 0 unspecified atom stereocenters. The third kappa shape index (κ3) is 6.17. The summed E-state index contributed by atoms with van der Waals surface area (Å²) < 4.78 is 40.4. The number of halogens is 1. The quantitative estimate of drug-likeness (QED) is 0.415. The molecular formula is C29H30FN3O5S. The first-order valence-corrected chi connectivity index (χ1v) is 14.1. The number of rotatable bonds is 10. The van der Waals surface area contributed by atoms with Gasteiger partial charge in [0.2, 0.25) is 11.8 Å². The van der Waals surface area contributed by atoms with E-state index in [9.17, 15) is 27.2 Å². The van der Waals surface area contributed by atoms with Gasteiger partial charge in [0.05, 0.1) is 5.56 Å². The number of carbonyl (C=O) groups excluding carboxylic acids is 3. The summed E-state index contributed by atoms with van der Waals surface area (Å²) >= 11 is 0. The molecular weight excluding hydrogens is 521 g/mol. The van der Waals surface area contributed by atoms with E-state index in [0.717, 1.165) is 5.56 Å². The van der Waals surface area contributed by atoms with E-state index in [0.29, 0.717) is 16.3 Å². The van der Waals surface area contributed by atoms with Crippen LogP contribution in [0.15, 0.2) is 83.8 Å². The molecule has 8 nitrogen and oxygen atoms in total. The average molecular weight is 552 g/mol. The Morgan fingerprint density at radius 1 is 0.949 bits per heavy atom. The summed E-state index contributed by atoms with van der Waals surface area (Å²) in [6.07, 6.45) is 0.811. The Morgan fingerprint density at radius 2 is 1.59 bits per heavy atom. The number of benzene rings is 3. The second-order valence-electron chi connectivity index (χ2n) is 9.48. The first kappa shape index (κ1) is 28.0. The molecule has 1 aliphatic rings. The molecule has 1 N–H and O–H groups in total. The molecule has 39 heavy (non-hydrogen) atoms. The van der Waals surface area contributed by atoms with Crippen molar-refractivity contribution in [2.45, 2.75) is 50.2 Å². The molecule has 0 aliphatic carbocycles. The number of hydrogen-bond donors (Lipinski definition) is 1. The van der Waals surface area contributed by atoms with Crippen LogP contribution in [-0.4, -0.2) is 54.0 Å². The van der Waals surface area contributed by atoms with Crippen LogP contribution in [0.1, 0.15) is 41.8 Å². The summed E-state index contributed by atoms with van der Waals surface area (Å²) in [7, 11) is -4.24. The summed E-state index contributed by atoms with van der Waals surface area (Å²) in [5, 5.41) is 2.92. The van der Waals surface area contributed by atoms with Crippen LogP contribution in [0.3, 0.4) is 0 Å². The van der Waals surface area contributed by atoms with E-state index in [-0.39, 0.29) is 29.5 Å². The maximum Gasteiger partial charge on any atom is 0.269 e. The van der Waals surface area contributed by atoms with Crippen molar-refractivity contribution >= 4 is 27.7 Å². The fourth-order valence-electron chi connectivity index (χ4n) is 4.38. The van der Waals surface area contributed by atoms with Crippen LogP contribution in [0.25, 0.3) is 0 Å². The molecule has 0 aromatic heterocycles. The van der Waals surface area contributed by atoms with Crippen molar-refractivity contribution in [2.75, 3.05) is 6.54 Å². The van der Waals surface area contributed by atoms with E-state index in [4.69, 9.17) is 0 Å². The third-order valence-electron chi connectivity index (χ3n) is 6.73. The van der Waals surface area contributed by atoms with E-state index in [1.807, 2.05) is 44.2 Å². The third-order valence-corrected chi connectivity index (χ3v) is 8.52. The first-order chi connectivity index (χ1) is 18.6. The maximum absolute atomic E-state index is 13.9. The first-order valence-electron chi connectivity index (χ1n) is 12.7.